The van der Waals surface area contributed by atoms with Crippen molar-refractivity contribution in [2.75, 3.05) is 11.9 Å². The van der Waals surface area contributed by atoms with Crippen LogP contribution < -0.4 is 10.1 Å². The number of aromatic nitrogens is 1. The van der Waals surface area contributed by atoms with Gasteiger partial charge in [-0.05, 0) is 17.5 Å². The highest BCUT2D eigenvalue weighted by Crippen LogP contribution is 2.29. The fourth-order valence-corrected chi connectivity index (χ4v) is 1.37. The Bertz CT molecular complexity index is 372. The van der Waals surface area contributed by atoms with Gasteiger partial charge in [-0.2, -0.15) is 0 Å². The Kier molecular flexibility index (Phi) is 2.15. The van der Waals surface area contributed by atoms with Crippen molar-refractivity contribution in [2.24, 2.45) is 0 Å². The van der Waals surface area contributed by atoms with Gasteiger partial charge in [0.25, 0.3) is 0 Å². The summed E-state index contributed by atoms with van der Waals surface area (Å²) < 4.78 is 5.40. The molecular formula is C11H14N2O. The molecule has 0 bridgehead atoms. The molecule has 0 saturated heterocycles. The summed E-state index contributed by atoms with van der Waals surface area (Å²) in [4.78, 5) is 4.25. The quantitative estimate of drug-likeness (QED) is 0.738. The zero-order valence-corrected chi connectivity index (χ0v) is 8.50. The van der Waals surface area contributed by atoms with Crippen molar-refractivity contribution >= 4 is 5.69 Å². The molecule has 1 aliphatic rings. The number of hydrogen-bond acceptors (Lipinski definition) is 3. The second kappa shape index (κ2) is 3.33. The minimum atomic E-state index is 0.477. The van der Waals surface area contributed by atoms with Crippen LogP contribution in [-0.4, -0.2) is 11.6 Å². The van der Waals surface area contributed by atoms with Crippen molar-refractivity contribution in [2.45, 2.75) is 19.8 Å². The molecule has 1 aliphatic heterocycles. The topological polar surface area (TPSA) is 34.1 Å². The summed E-state index contributed by atoms with van der Waals surface area (Å²) in [5.74, 6) is 1.14. The molecule has 0 radical (unpaired) electrons. The van der Waals surface area contributed by atoms with Crippen molar-refractivity contribution in [3.05, 3.63) is 30.1 Å². The van der Waals surface area contributed by atoms with Gasteiger partial charge in [0.2, 0.25) is 5.88 Å². The molecular weight excluding hydrogens is 176 g/mol. The molecule has 0 aliphatic carbocycles. The summed E-state index contributed by atoms with van der Waals surface area (Å²) in [5, 5.41) is 3.17. The molecule has 0 aromatic carbocycles. The summed E-state index contributed by atoms with van der Waals surface area (Å²) in [5.41, 5.74) is 3.00. The highest BCUT2D eigenvalue weighted by atomic mass is 16.5. The van der Waals surface area contributed by atoms with E-state index in [4.69, 9.17) is 4.74 Å². The first-order valence-corrected chi connectivity index (χ1v) is 4.74. The molecule has 0 atom stereocenters. The molecule has 1 N–H and O–H groups in total. The van der Waals surface area contributed by atoms with E-state index in [1.165, 1.54) is 5.56 Å². The monoisotopic (exact) mass is 190 g/mol. The van der Waals surface area contributed by atoms with Crippen LogP contribution in [0.3, 0.4) is 0 Å². The number of nitrogens with one attached hydrogen (secondary N) is 1. The van der Waals surface area contributed by atoms with Gasteiger partial charge in [0.1, 0.15) is 12.3 Å². The SMILES string of the molecule is C=C1COc2ncc(C(C)C)cc2N1. The predicted octanol–water partition coefficient (Wildman–Crippen LogP) is 2.52. The molecule has 3 heteroatoms. The highest BCUT2D eigenvalue weighted by Gasteiger charge is 2.14. The first-order valence-electron chi connectivity index (χ1n) is 4.74. The number of pyridine rings is 1. The Morgan fingerprint density at radius 3 is 3.07 bits per heavy atom. The molecule has 2 rings (SSSR count). The molecule has 0 amide bonds. The molecule has 0 spiro atoms. The molecule has 0 unspecified atom stereocenters. The maximum Gasteiger partial charge on any atom is 0.238 e. The first-order chi connectivity index (χ1) is 6.66. The molecule has 0 fully saturated rings. The Morgan fingerprint density at radius 2 is 2.36 bits per heavy atom. The maximum atomic E-state index is 5.40. The third-order valence-corrected chi connectivity index (χ3v) is 2.23. The molecule has 74 valence electrons. The van der Waals surface area contributed by atoms with E-state index in [0.29, 0.717) is 18.4 Å². The van der Waals surface area contributed by atoms with E-state index in [0.717, 1.165) is 11.4 Å². The van der Waals surface area contributed by atoms with Crippen molar-refractivity contribution < 1.29 is 4.74 Å². The Labute approximate surface area is 83.8 Å². The number of rotatable bonds is 1. The van der Waals surface area contributed by atoms with Crippen LogP contribution in [0.5, 0.6) is 5.88 Å². The first kappa shape index (κ1) is 9.06. The summed E-state index contributed by atoms with van der Waals surface area (Å²) in [6.07, 6.45) is 1.86. The van der Waals surface area contributed by atoms with Gasteiger partial charge < -0.3 is 10.1 Å². The normalized spacial score (nSPS) is 14.6. The second-order valence-electron chi connectivity index (χ2n) is 3.79. The molecule has 14 heavy (non-hydrogen) atoms. The lowest BCUT2D eigenvalue weighted by molar-refractivity contribution is 0.332. The van der Waals surface area contributed by atoms with Crippen molar-refractivity contribution in [1.29, 1.82) is 0 Å². The Hall–Kier alpha value is -1.51. The lowest BCUT2D eigenvalue weighted by Crippen LogP contribution is -2.16. The minimum Gasteiger partial charge on any atom is -0.470 e. The maximum absolute atomic E-state index is 5.40. The number of anilines is 1. The number of fused-ring (bicyclic) bond motifs is 1. The van der Waals surface area contributed by atoms with Gasteiger partial charge in [-0.25, -0.2) is 4.98 Å². The minimum absolute atomic E-state index is 0.477. The molecule has 1 aromatic rings. The zero-order valence-electron chi connectivity index (χ0n) is 8.50. The van der Waals surface area contributed by atoms with Crippen LogP contribution in [0.2, 0.25) is 0 Å². The van der Waals surface area contributed by atoms with Crippen LogP contribution in [0.15, 0.2) is 24.5 Å². The molecule has 0 saturated carbocycles. The van der Waals surface area contributed by atoms with E-state index < -0.39 is 0 Å². The van der Waals surface area contributed by atoms with Crippen molar-refractivity contribution in [3.8, 4) is 5.88 Å². The third kappa shape index (κ3) is 1.58. The van der Waals surface area contributed by atoms with Crippen molar-refractivity contribution in [1.82, 2.24) is 4.98 Å². The van der Waals surface area contributed by atoms with Crippen LogP contribution in [0.4, 0.5) is 5.69 Å². The van der Waals surface area contributed by atoms with E-state index >= 15 is 0 Å². The van der Waals surface area contributed by atoms with Crippen LogP contribution in [-0.2, 0) is 0 Å². The van der Waals surface area contributed by atoms with E-state index in [-0.39, 0.29) is 0 Å². The van der Waals surface area contributed by atoms with Gasteiger partial charge in [-0.15, -0.1) is 0 Å². The van der Waals surface area contributed by atoms with Crippen LogP contribution in [0.25, 0.3) is 0 Å². The van der Waals surface area contributed by atoms with Gasteiger partial charge >= 0.3 is 0 Å². The second-order valence-corrected chi connectivity index (χ2v) is 3.79. The fraction of sp³-hybridized carbons (Fsp3) is 0.364. The Morgan fingerprint density at radius 1 is 1.57 bits per heavy atom. The van der Waals surface area contributed by atoms with Gasteiger partial charge in [0, 0.05) is 11.9 Å². The van der Waals surface area contributed by atoms with Gasteiger partial charge in [-0.1, -0.05) is 20.4 Å². The lowest BCUT2D eigenvalue weighted by atomic mass is 10.1. The Balaban J connectivity index is 2.37. The average Bonchev–Trinajstić information content (AvgIpc) is 2.16. The van der Waals surface area contributed by atoms with E-state index in [9.17, 15) is 0 Å². The van der Waals surface area contributed by atoms with Gasteiger partial charge in [0.05, 0.1) is 0 Å². The standard InChI is InChI=1S/C11H14N2O/c1-7(2)9-4-10-11(12-5-9)14-6-8(3)13-10/h4-5,7,13H,3,6H2,1-2H3. The highest BCUT2D eigenvalue weighted by molar-refractivity contribution is 5.59. The van der Waals surface area contributed by atoms with Crippen LogP contribution in [0, 0.1) is 0 Å². The number of nitrogens with zero attached hydrogens (tertiary/aromatic N) is 1. The predicted molar refractivity (Wildman–Crippen MR) is 56.6 cm³/mol. The summed E-state index contributed by atoms with van der Waals surface area (Å²) >= 11 is 0. The van der Waals surface area contributed by atoms with Gasteiger partial charge in [0.15, 0.2) is 0 Å². The number of ether oxygens (including phenoxy) is 1. The summed E-state index contributed by atoms with van der Waals surface area (Å²) in [6.45, 7) is 8.61. The smallest absolute Gasteiger partial charge is 0.238 e. The molecule has 2 heterocycles. The zero-order chi connectivity index (χ0) is 10.1. The fourth-order valence-electron chi connectivity index (χ4n) is 1.37. The summed E-state index contributed by atoms with van der Waals surface area (Å²) in [7, 11) is 0. The summed E-state index contributed by atoms with van der Waals surface area (Å²) in [6, 6.07) is 2.07. The largest absolute Gasteiger partial charge is 0.470 e. The number of hydrogen-bond donors (Lipinski definition) is 1. The van der Waals surface area contributed by atoms with E-state index in [1.807, 2.05) is 6.20 Å². The lowest BCUT2D eigenvalue weighted by Gasteiger charge is -2.20. The average molecular weight is 190 g/mol. The van der Waals surface area contributed by atoms with Crippen LogP contribution >= 0.6 is 0 Å². The van der Waals surface area contributed by atoms with Crippen molar-refractivity contribution in [3.63, 3.8) is 0 Å². The third-order valence-electron chi connectivity index (χ3n) is 2.23. The van der Waals surface area contributed by atoms with Crippen LogP contribution in [0.1, 0.15) is 25.3 Å². The molecule has 1 aromatic heterocycles. The van der Waals surface area contributed by atoms with Gasteiger partial charge in [-0.3, -0.25) is 0 Å². The van der Waals surface area contributed by atoms with E-state index in [1.54, 1.807) is 0 Å². The van der Waals surface area contributed by atoms with E-state index in [2.05, 4.69) is 36.8 Å². The molecule has 3 nitrogen and oxygen atoms in total.